The van der Waals surface area contributed by atoms with E-state index in [1.54, 1.807) is 18.3 Å². The Kier molecular flexibility index (Phi) is 5.15. The summed E-state index contributed by atoms with van der Waals surface area (Å²) >= 11 is 2.97. The van der Waals surface area contributed by atoms with Crippen molar-refractivity contribution in [2.45, 2.75) is 30.7 Å². The smallest absolute Gasteiger partial charge is 0.260 e. The molecule has 28 heavy (non-hydrogen) atoms. The van der Waals surface area contributed by atoms with Gasteiger partial charge >= 0.3 is 0 Å². The van der Waals surface area contributed by atoms with Gasteiger partial charge in [-0.05, 0) is 73.9 Å². The summed E-state index contributed by atoms with van der Waals surface area (Å²) in [5.74, 6) is -0.199. The summed E-state index contributed by atoms with van der Waals surface area (Å²) in [6, 6.07) is 15.9. The van der Waals surface area contributed by atoms with Gasteiger partial charge in [-0.15, -0.1) is 0 Å². The van der Waals surface area contributed by atoms with Crippen molar-refractivity contribution in [1.29, 1.82) is 0 Å². The number of hydrogen-bond donors (Lipinski definition) is 1. The van der Waals surface area contributed by atoms with Crippen LogP contribution in [0.1, 0.15) is 27.0 Å². The van der Waals surface area contributed by atoms with E-state index in [0.717, 1.165) is 15.1 Å². The third-order valence-corrected chi connectivity index (χ3v) is 6.41. The summed E-state index contributed by atoms with van der Waals surface area (Å²) < 4.78 is 1.06. The number of aryl methyl sites for hydroxylation is 3. The predicted molar refractivity (Wildman–Crippen MR) is 117 cm³/mol. The minimum Gasteiger partial charge on any atom is -0.298 e. The monoisotopic (exact) mass is 405 g/mol. The topological polar surface area (TPSA) is 54.9 Å². The van der Waals surface area contributed by atoms with Gasteiger partial charge in [-0.25, -0.2) is 9.97 Å². The molecule has 4 nitrogen and oxygen atoms in total. The second kappa shape index (κ2) is 7.73. The maximum Gasteiger partial charge on any atom is 0.260 e. The highest BCUT2D eigenvalue weighted by atomic mass is 32.2. The van der Waals surface area contributed by atoms with Crippen LogP contribution in [0.2, 0.25) is 0 Å². The Bertz CT molecular complexity index is 1180. The summed E-state index contributed by atoms with van der Waals surface area (Å²) in [5, 5.41) is 4.20. The number of anilines is 1. The fraction of sp³-hybridized carbons (Fsp3) is 0.136. The summed E-state index contributed by atoms with van der Waals surface area (Å²) in [6.07, 6.45) is 1.71. The number of hydrogen-bond acceptors (Lipinski definition) is 5. The largest absolute Gasteiger partial charge is 0.298 e. The molecule has 0 atom stereocenters. The zero-order valence-electron chi connectivity index (χ0n) is 15.8. The zero-order valence-corrected chi connectivity index (χ0v) is 17.4. The van der Waals surface area contributed by atoms with E-state index in [2.05, 4.69) is 53.4 Å². The van der Waals surface area contributed by atoms with Crippen LogP contribution < -0.4 is 5.32 Å². The molecule has 6 heteroatoms. The average Bonchev–Trinajstić information content (AvgIpc) is 3.06. The standard InChI is InChI=1S/C22H19N3OS2/c1-13-6-9-18-19(11-13)28-22(24-18)25-20(26)17-5-4-10-23-21(17)27-16-8-7-14(2)15(3)12-16/h4-12H,1-3H3,(H,24,25,26). The number of nitrogens with zero attached hydrogens (tertiary/aromatic N) is 2. The lowest BCUT2D eigenvalue weighted by molar-refractivity contribution is 0.102. The van der Waals surface area contributed by atoms with Crippen molar-refractivity contribution < 1.29 is 4.79 Å². The molecule has 0 aliphatic carbocycles. The van der Waals surface area contributed by atoms with Crippen LogP contribution in [0.3, 0.4) is 0 Å². The zero-order chi connectivity index (χ0) is 19.7. The third-order valence-electron chi connectivity index (χ3n) is 4.47. The SMILES string of the molecule is Cc1ccc2nc(NC(=O)c3cccnc3Sc3ccc(C)c(C)c3)sc2c1. The van der Waals surface area contributed by atoms with Crippen molar-refractivity contribution >= 4 is 44.4 Å². The van der Waals surface area contributed by atoms with E-state index in [0.29, 0.717) is 15.7 Å². The first-order valence-electron chi connectivity index (χ1n) is 8.88. The van der Waals surface area contributed by atoms with Crippen LogP contribution >= 0.6 is 23.1 Å². The summed E-state index contributed by atoms with van der Waals surface area (Å²) in [4.78, 5) is 22.9. The van der Waals surface area contributed by atoms with Crippen LogP contribution in [-0.4, -0.2) is 15.9 Å². The number of benzene rings is 2. The molecule has 0 spiro atoms. The van der Waals surface area contributed by atoms with Gasteiger partial charge < -0.3 is 0 Å². The van der Waals surface area contributed by atoms with E-state index in [4.69, 9.17) is 0 Å². The van der Waals surface area contributed by atoms with E-state index in [1.165, 1.54) is 39.8 Å². The Morgan fingerprint density at radius 2 is 1.89 bits per heavy atom. The Labute approximate surface area is 172 Å². The molecule has 0 bridgehead atoms. The van der Waals surface area contributed by atoms with Gasteiger partial charge in [0.05, 0.1) is 15.8 Å². The second-order valence-corrected chi connectivity index (χ2v) is 8.74. The lowest BCUT2D eigenvalue weighted by Gasteiger charge is -2.09. The number of carbonyl (C=O) groups is 1. The summed E-state index contributed by atoms with van der Waals surface area (Å²) in [6.45, 7) is 6.21. The van der Waals surface area contributed by atoms with Crippen LogP contribution in [0.5, 0.6) is 0 Å². The molecule has 1 amide bonds. The van der Waals surface area contributed by atoms with Crippen LogP contribution in [0, 0.1) is 20.8 Å². The van der Waals surface area contributed by atoms with Gasteiger partial charge in [0.1, 0.15) is 5.03 Å². The first-order chi connectivity index (χ1) is 13.5. The van der Waals surface area contributed by atoms with Gasteiger partial charge in [0.25, 0.3) is 5.91 Å². The van der Waals surface area contributed by atoms with Crippen LogP contribution in [0.25, 0.3) is 10.2 Å². The molecule has 140 valence electrons. The quantitative estimate of drug-likeness (QED) is 0.451. The normalized spacial score (nSPS) is 11.0. The Hall–Kier alpha value is -2.70. The fourth-order valence-electron chi connectivity index (χ4n) is 2.78. The van der Waals surface area contributed by atoms with Gasteiger partial charge in [-0.1, -0.05) is 35.2 Å². The molecule has 2 heterocycles. The number of amides is 1. The predicted octanol–water partition coefficient (Wildman–Crippen LogP) is 6.02. The van der Waals surface area contributed by atoms with Gasteiger partial charge in [-0.2, -0.15) is 0 Å². The molecule has 4 aromatic rings. The van der Waals surface area contributed by atoms with Crippen molar-refractivity contribution in [1.82, 2.24) is 9.97 Å². The van der Waals surface area contributed by atoms with E-state index in [9.17, 15) is 4.79 Å². The molecular weight excluding hydrogens is 386 g/mol. The van der Waals surface area contributed by atoms with E-state index < -0.39 is 0 Å². The molecule has 2 aromatic carbocycles. The number of rotatable bonds is 4. The molecule has 0 radical (unpaired) electrons. The van der Waals surface area contributed by atoms with Crippen molar-refractivity contribution in [3.8, 4) is 0 Å². The lowest BCUT2D eigenvalue weighted by Crippen LogP contribution is -2.13. The number of pyridine rings is 1. The number of thiazole rings is 1. The first kappa shape index (κ1) is 18.7. The molecule has 0 saturated carbocycles. The number of nitrogens with one attached hydrogen (secondary N) is 1. The summed E-state index contributed by atoms with van der Waals surface area (Å²) in [7, 11) is 0. The molecule has 0 aliphatic rings. The minimum absolute atomic E-state index is 0.199. The molecule has 0 saturated heterocycles. The van der Waals surface area contributed by atoms with Crippen molar-refractivity contribution in [2.75, 3.05) is 5.32 Å². The Balaban J connectivity index is 1.59. The Morgan fingerprint density at radius 1 is 1.04 bits per heavy atom. The van der Waals surface area contributed by atoms with Crippen LogP contribution in [0.15, 0.2) is 64.6 Å². The number of fused-ring (bicyclic) bond motifs is 1. The van der Waals surface area contributed by atoms with Gasteiger partial charge in [0.15, 0.2) is 5.13 Å². The highest BCUT2D eigenvalue weighted by Crippen LogP contribution is 2.31. The Morgan fingerprint density at radius 3 is 2.71 bits per heavy atom. The molecule has 1 N–H and O–H groups in total. The number of aromatic nitrogens is 2. The maximum absolute atomic E-state index is 12.9. The van der Waals surface area contributed by atoms with E-state index >= 15 is 0 Å². The van der Waals surface area contributed by atoms with Crippen molar-refractivity contribution in [2.24, 2.45) is 0 Å². The first-order valence-corrected chi connectivity index (χ1v) is 10.5. The molecule has 2 aromatic heterocycles. The number of carbonyl (C=O) groups excluding carboxylic acids is 1. The van der Waals surface area contributed by atoms with E-state index in [1.807, 2.05) is 19.1 Å². The van der Waals surface area contributed by atoms with Crippen molar-refractivity contribution in [3.63, 3.8) is 0 Å². The van der Waals surface area contributed by atoms with Crippen LogP contribution in [-0.2, 0) is 0 Å². The fourth-order valence-corrected chi connectivity index (χ4v) is 4.72. The molecule has 0 fully saturated rings. The second-order valence-electron chi connectivity index (χ2n) is 6.65. The minimum atomic E-state index is -0.199. The van der Waals surface area contributed by atoms with Gasteiger partial charge in [0, 0.05) is 11.1 Å². The van der Waals surface area contributed by atoms with Gasteiger partial charge in [-0.3, -0.25) is 10.1 Å². The van der Waals surface area contributed by atoms with Crippen LogP contribution in [0.4, 0.5) is 5.13 Å². The highest BCUT2D eigenvalue weighted by molar-refractivity contribution is 7.99. The molecule has 0 unspecified atom stereocenters. The maximum atomic E-state index is 12.9. The average molecular weight is 406 g/mol. The molecular formula is C22H19N3OS2. The molecule has 0 aliphatic heterocycles. The van der Waals surface area contributed by atoms with E-state index in [-0.39, 0.29) is 5.91 Å². The highest BCUT2D eigenvalue weighted by Gasteiger charge is 2.16. The third kappa shape index (κ3) is 3.93. The lowest BCUT2D eigenvalue weighted by atomic mass is 10.1. The summed E-state index contributed by atoms with van der Waals surface area (Å²) in [5.41, 5.74) is 5.07. The molecule has 4 rings (SSSR count). The van der Waals surface area contributed by atoms with Crippen molar-refractivity contribution in [3.05, 3.63) is 77.0 Å². The van der Waals surface area contributed by atoms with Gasteiger partial charge in [0.2, 0.25) is 0 Å².